The summed E-state index contributed by atoms with van der Waals surface area (Å²) in [6.07, 6.45) is 38.4. The Morgan fingerprint density at radius 3 is 1.98 bits per heavy atom. The van der Waals surface area contributed by atoms with Crippen molar-refractivity contribution in [2.45, 2.75) is 221 Å². The van der Waals surface area contributed by atoms with E-state index in [1.165, 1.54) is 148 Å². The van der Waals surface area contributed by atoms with Crippen molar-refractivity contribution in [1.82, 2.24) is 0 Å². The predicted molar refractivity (Wildman–Crippen MR) is 202 cm³/mol. The van der Waals surface area contributed by atoms with Crippen LogP contribution in [0.1, 0.15) is 215 Å². The summed E-state index contributed by atoms with van der Waals surface area (Å²) in [5.41, 5.74) is 2.54. The van der Waals surface area contributed by atoms with Crippen LogP contribution in [0.3, 0.4) is 0 Å². The molecule has 0 radical (unpaired) electrons. The number of hydrogen-bond acceptors (Lipinski definition) is 2. The second-order valence-electron chi connectivity index (χ2n) is 18.3. The smallest absolute Gasteiger partial charge is 0.306 e. The zero-order chi connectivity index (χ0) is 33.7. The zero-order valence-electron chi connectivity index (χ0n) is 32.5. The van der Waals surface area contributed by atoms with Crippen molar-refractivity contribution in [1.29, 1.82) is 0 Å². The minimum absolute atomic E-state index is 0.0653. The van der Waals surface area contributed by atoms with Crippen molar-refractivity contribution in [3.63, 3.8) is 0 Å². The van der Waals surface area contributed by atoms with Gasteiger partial charge < -0.3 is 4.74 Å². The summed E-state index contributed by atoms with van der Waals surface area (Å²) in [5.74, 6) is 5.34. The zero-order valence-corrected chi connectivity index (χ0v) is 32.5. The van der Waals surface area contributed by atoms with Gasteiger partial charge in [-0.1, -0.05) is 162 Å². The van der Waals surface area contributed by atoms with E-state index >= 15 is 0 Å². The molecule has 4 rings (SSSR count). The largest absolute Gasteiger partial charge is 0.462 e. The van der Waals surface area contributed by atoms with Crippen LogP contribution in [0.5, 0.6) is 0 Å². The van der Waals surface area contributed by atoms with Crippen molar-refractivity contribution in [2.75, 3.05) is 0 Å². The van der Waals surface area contributed by atoms with Crippen LogP contribution < -0.4 is 0 Å². The van der Waals surface area contributed by atoms with Crippen LogP contribution in [0.4, 0.5) is 0 Å². The Kier molecular flexibility index (Phi) is 16.2. The van der Waals surface area contributed by atoms with Crippen LogP contribution in [-0.4, -0.2) is 12.1 Å². The summed E-state index contributed by atoms with van der Waals surface area (Å²) in [6, 6.07) is 0. The van der Waals surface area contributed by atoms with Gasteiger partial charge in [-0.15, -0.1) is 0 Å². The topological polar surface area (TPSA) is 26.3 Å². The van der Waals surface area contributed by atoms with E-state index in [2.05, 4.69) is 47.6 Å². The van der Waals surface area contributed by atoms with Gasteiger partial charge in [-0.05, 0) is 97.7 Å². The standard InChI is InChI=1S/C45H80O2/c1-7-8-9-10-11-12-13-14-15-16-17-18-19-20-21-25-43(46)47-38-30-32-44(5)37(34-38)26-27-39-41-29-28-40(36(4)24-22-23-35(2)3)45(41,6)33-31-42(39)44/h26,35-36,38-42H,7-25,27-34H2,1-6H3/t36-,38-,39+,40-,41+,42+,44+,45-/m1/s1. The number of fused-ring (bicyclic) bond motifs is 5. The molecule has 0 N–H and O–H groups in total. The van der Waals surface area contributed by atoms with E-state index < -0.39 is 0 Å². The molecule has 0 unspecified atom stereocenters. The molecule has 0 aliphatic heterocycles. The minimum atomic E-state index is 0.0653. The number of unbranched alkanes of at least 4 members (excludes halogenated alkanes) is 14. The van der Waals surface area contributed by atoms with Gasteiger partial charge >= 0.3 is 5.97 Å². The molecule has 0 spiro atoms. The number of rotatable bonds is 22. The third-order valence-electron chi connectivity index (χ3n) is 14.5. The first-order valence-corrected chi connectivity index (χ1v) is 21.6. The molecule has 8 atom stereocenters. The Balaban J connectivity index is 1.10. The molecule has 0 amide bonds. The second kappa shape index (κ2) is 19.6. The van der Waals surface area contributed by atoms with Gasteiger partial charge in [-0.2, -0.15) is 0 Å². The first-order chi connectivity index (χ1) is 22.7. The molecule has 2 heteroatoms. The molecular weight excluding hydrogens is 572 g/mol. The Morgan fingerprint density at radius 1 is 0.745 bits per heavy atom. The molecule has 4 aliphatic carbocycles. The molecule has 4 aliphatic rings. The Bertz CT molecular complexity index is 934. The molecule has 272 valence electrons. The molecule has 0 heterocycles. The van der Waals surface area contributed by atoms with Gasteiger partial charge in [-0.3, -0.25) is 4.79 Å². The average Bonchev–Trinajstić information content (AvgIpc) is 3.40. The van der Waals surface area contributed by atoms with Crippen molar-refractivity contribution in [2.24, 2.45) is 46.3 Å². The first-order valence-electron chi connectivity index (χ1n) is 21.6. The second-order valence-corrected chi connectivity index (χ2v) is 18.3. The van der Waals surface area contributed by atoms with Gasteiger partial charge in [0.1, 0.15) is 6.10 Å². The van der Waals surface area contributed by atoms with Crippen molar-refractivity contribution >= 4 is 5.97 Å². The van der Waals surface area contributed by atoms with Crippen LogP contribution in [-0.2, 0) is 9.53 Å². The maximum Gasteiger partial charge on any atom is 0.306 e. The lowest BCUT2D eigenvalue weighted by atomic mass is 9.47. The van der Waals surface area contributed by atoms with Crippen molar-refractivity contribution in [3.05, 3.63) is 11.6 Å². The summed E-state index contributed by atoms with van der Waals surface area (Å²) >= 11 is 0. The summed E-state index contributed by atoms with van der Waals surface area (Å²) in [7, 11) is 0. The molecule has 47 heavy (non-hydrogen) atoms. The van der Waals surface area contributed by atoms with Crippen LogP contribution in [0.2, 0.25) is 0 Å². The van der Waals surface area contributed by atoms with Crippen LogP contribution >= 0.6 is 0 Å². The maximum absolute atomic E-state index is 12.8. The van der Waals surface area contributed by atoms with Gasteiger partial charge in [0.05, 0.1) is 0 Å². The molecule has 0 aromatic heterocycles. The van der Waals surface area contributed by atoms with E-state index in [9.17, 15) is 4.79 Å². The fraction of sp³-hybridized carbons (Fsp3) is 0.933. The maximum atomic E-state index is 12.8. The van der Waals surface area contributed by atoms with E-state index in [-0.39, 0.29) is 12.1 Å². The molecule has 0 aromatic carbocycles. The van der Waals surface area contributed by atoms with Crippen LogP contribution in [0.15, 0.2) is 11.6 Å². The molecule has 3 fully saturated rings. The minimum Gasteiger partial charge on any atom is -0.462 e. The molecular formula is C45H80O2. The number of ether oxygens (including phenoxy) is 1. The van der Waals surface area contributed by atoms with Crippen molar-refractivity contribution in [3.8, 4) is 0 Å². The monoisotopic (exact) mass is 653 g/mol. The SMILES string of the molecule is CCCCCCCCCCCCCCCCCC(=O)O[C@@H]1CC[C@@]2(C)C(=CC[C@H]3[C@@H]4CC[C@H]([C@H](C)CCCC(C)C)[C@@]4(C)CC[C@@H]32)C1. The first kappa shape index (κ1) is 39.0. The van der Waals surface area contributed by atoms with Gasteiger partial charge in [0.15, 0.2) is 0 Å². The quantitative estimate of drug-likeness (QED) is 0.0661. The van der Waals surface area contributed by atoms with Crippen LogP contribution in [0, 0.1) is 46.3 Å². The average molecular weight is 653 g/mol. The summed E-state index contributed by atoms with van der Waals surface area (Å²) in [6.45, 7) is 15.0. The van der Waals surface area contributed by atoms with E-state index in [1.807, 2.05) is 0 Å². The molecule has 3 saturated carbocycles. The highest BCUT2D eigenvalue weighted by Gasteiger charge is 2.59. The number of allylic oxidation sites excluding steroid dienone is 1. The fourth-order valence-corrected chi connectivity index (χ4v) is 11.6. The van der Waals surface area contributed by atoms with E-state index in [0.29, 0.717) is 17.3 Å². The van der Waals surface area contributed by atoms with Crippen LogP contribution in [0.25, 0.3) is 0 Å². The third kappa shape index (κ3) is 10.8. The molecule has 2 nitrogen and oxygen atoms in total. The Labute approximate surface area is 293 Å². The lowest BCUT2D eigenvalue weighted by Gasteiger charge is -2.58. The Hall–Kier alpha value is -0.790. The van der Waals surface area contributed by atoms with E-state index in [1.54, 1.807) is 5.57 Å². The summed E-state index contributed by atoms with van der Waals surface area (Å²) in [4.78, 5) is 12.8. The highest BCUT2D eigenvalue weighted by atomic mass is 16.5. The van der Waals surface area contributed by atoms with E-state index in [0.717, 1.165) is 54.8 Å². The molecule has 0 bridgehead atoms. The summed E-state index contributed by atoms with van der Waals surface area (Å²) in [5, 5.41) is 0. The third-order valence-corrected chi connectivity index (χ3v) is 14.5. The van der Waals surface area contributed by atoms with E-state index in [4.69, 9.17) is 4.74 Å². The number of carbonyl (C=O) groups excluding carboxylic acids is 1. The predicted octanol–water partition coefficient (Wildman–Crippen LogP) is 14.2. The van der Waals surface area contributed by atoms with Crippen molar-refractivity contribution < 1.29 is 9.53 Å². The number of hydrogen-bond donors (Lipinski definition) is 0. The lowest BCUT2D eigenvalue weighted by molar-refractivity contribution is -0.151. The number of esters is 1. The normalized spacial score (nSPS) is 32.4. The van der Waals surface area contributed by atoms with Gasteiger partial charge in [0.2, 0.25) is 0 Å². The van der Waals surface area contributed by atoms with Gasteiger partial charge in [-0.25, -0.2) is 0 Å². The summed E-state index contributed by atoms with van der Waals surface area (Å²) < 4.78 is 6.13. The highest BCUT2D eigenvalue weighted by molar-refractivity contribution is 5.69. The fourth-order valence-electron chi connectivity index (χ4n) is 11.6. The number of carbonyl (C=O) groups is 1. The molecule has 0 aromatic rings. The lowest BCUT2D eigenvalue weighted by Crippen LogP contribution is -2.51. The van der Waals surface area contributed by atoms with Gasteiger partial charge in [0.25, 0.3) is 0 Å². The highest BCUT2D eigenvalue weighted by Crippen LogP contribution is 2.67. The molecule has 0 saturated heterocycles. The Morgan fingerprint density at radius 2 is 1.36 bits per heavy atom. The van der Waals surface area contributed by atoms with Gasteiger partial charge in [0, 0.05) is 12.8 Å².